The maximum atomic E-state index is 12.2. The van der Waals surface area contributed by atoms with Crippen LogP contribution in [0.4, 0.5) is 11.4 Å². The molecule has 0 aliphatic rings. The van der Waals surface area contributed by atoms with Crippen LogP contribution < -0.4 is 15.8 Å². The summed E-state index contributed by atoms with van der Waals surface area (Å²) < 4.78 is 5.22. The normalized spacial score (nSPS) is 12.6. The number of nitrogens with one attached hydrogen (secondary N) is 1. The van der Waals surface area contributed by atoms with Crippen molar-refractivity contribution in [2.24, 2.45) is 5.92 Å². The minimum atomic E-state index is -0.209. The monoisotopic (exact) mass is 279 g/mol. The van der Waals surface area contributed by atoms with Crippen molar-refractivity contribution in [1.82, 2.24) is 4.90 Å². The number of nitrogens with zero attached hydrogens (tertiary/aromatic N) is 1. The van der Waals surface area contributed by atoms with Crippen LogP contribution in [0.15, 0.2) is 18.2 Å². The van der Waals surface area contributed by atoms with Gasteiger partial charge in [-0.15, -0.1) is 0 Å². The van der Waals surface area contributed by atoms with E-state index in [4.69, 9.17) is 10.5 Å². The molecule has 0 saturated heterocycles. The first-order chi connectivity index (χ1) is 9.35. The summed E-state index contributed by atoms with van der Waals surface area (Å²) >= 11 is 0. The molecule has 1 aromatic rings. The Morgan fingerprint density at radius 3 is 2.60 bits per heavy atom. The Bertz CT molecular complexity index is 460. The van der Waals surface area contributed by atoms with Crippen molar-refractivity contribution in [3.63, 3.8) is 0 Å². The van der Waals surface area contributed by atoms with E-state index < -0.39 is 0 Å². The number of anilines is 2. The van der Waals surface area contributed by atoms with E-state index in [2.05, 4.69) is 19.2 Å². The van der Waals surface area contributed by atoms with E-state index in [0.29, 0.717) is 23.0 Å². The van der Waals surface area contributed by atoms with Crippen LogP contribution in [0.3, 0.4) is 0 Å². The zero-order valence-electron chi connectivity index (χ0n) is 12.9. The molecule has 0 heterocycles. The molecule has 0 aliphatic carbocycles. The average molecular weight is 279 g/mol. The highest BCUT2D eigenvalue weighted by molar-refractivity contribution is 5.96. The Morgan fingerprint density at radius 2 is 2.05 bits per heavy atom. The fourth-order valence-electron chi connectivity index (χ4n) is 1.98. The zero-order valence-corrected chi connectivity index (χ0v) is 12.9. The average Bonchev–Trinajstić information content (AvgIpc) is 2.38. The summed E-state index contributed by atoms with van der Waals surface area (Å²) in [7, 11) is 3.50. The molecule has 1 amide bonds. The number of carbonyl (C=O) groups is 1. The van der Waals surface area contributed by atoms with Crippen molar-refractivity contribution >= 4 is 17.3 Å². The number of amides is 1. The van der Waals surface area contributed by atoms with Crippen LogP contribution in [0.2, 0.25) is 0 Å². The van der Waals surface area contributed by atoms with Gasteiger partial charge in [0.25, 0.3) is 0 Å². The van der Waals surface area contributed by atoms with Crippen molar-refractivity contribution in [2.45, 2.75) is 26.8 Å². The predicted molar refractivity (Wildman–Crippen MR) is 83.0 cm³/mol. The lowest BCUT2D eigenvalue weighted by atomic mass is 10.1. The molecule has 0 saturated carbocycles. The molecule has 1 unspecified atom stereocenters. The second-order valence-electron chi connectivity index (χ2n) is 5.46. The molecule has 0 radical (unpaired) electrons. The minimum absolute atomic E-state index is 0.0591. The summed E-state index contributed by atoms with van der Waals surface area (Å²) in [6.07, 6.45) is 0. The van der Waals surface area contributed by atoms with Gasteiger partial charge in [-0.3, -0.25) is 9.69 Å². The lowest BCUT2D eigenvalue weighted by molar-refractivity contribution is -0.120. The van der Waals surface area contributed by atoms with Crippen LogP contribution in [-0.4, -0.2) is 37.6 Å². The van der Waals surface area contributed by atoms with Gasteiger partial charge in [-0.25, -0.2) is 0 Å². The molecule has 1 aromatic carbocycles. The van der Waals surface area contributed by atoms with Gasteiger partial charge in [0, 0.05) is 18.3 Å². The number of nitrogens with two attached hydrogens (primary N) is 1. The summed E-state index contributed by atoms with van der Waals surface area (Å²) in [6, 6.07) is 4.97. The van der Waals surface area contributed by atoms with Crippen molar-refractivity contribution < 1.29 is 9.53 Å². The van der Waals surface area contributed by atoms with Crippen LogP contribution >= 0.6 is 0 Å². The number of benzene rings is 1. The smallest absolute Gasteiger partial charge is 0.241 e. The van der Waals surface area contributed by atoms with Crippen molar-refractivity contribution in [3.8, 4) is 5.75 Å². The number of methoxy groups -OCH3 is 1. The SMILES string of the molecule is COc1cc(N)ccc1NC(=O)C(C)N(C)CC(C)C. The summed E-state index contributed by atoms with van der Waals surface area (Å²) in [5.74, 6) is 1.02. The minimum Gasteiger partial charge on any atom is -0.494 e. The lowest BCUT2D eigenvalue weighted by Crippen LogP contribution is -2.41. The molecular weight excluding hydrogens is 254 g/mol. The van der Waals surface area contributed by atoms with Crippen LogP contribution in [0.1, 0.15) is 20.8 Å². The maximum absolute atomic E-state index is 12.2. The largest absolute Gasteiger partial charge is 0.494 e. The van der Waals surface area contributed by atoms with E-state index >= 15 is 0 Å². The number of hydrogen-bond donors (Lipinski definition) is 2. The van der Waals surface area contributed by atoms with Gasteiger partial charge in [0.15, 0.2) is 0 Å². The molecule has 1 rings (SSSR count). The van der Waals surface area contributed by atoms with Gasteiger partial charge in [-0.05, 0) is 32.0 Å². The van der Waals surface area contributed by atoms with Gasteiger partial charge in [0.05, 0.1) is 18.8 Å². The number of hydrogen-bond acceptors (Lipinski definition) is 4. The Kier molecular flexibility index (Phi) is 5.82. The topological polar surface area (TPSA) is 67.6 Å². The number of likely N-dealkylation sites (N-methyl/N-ethyl adjacent to an activating group) is 1. The summed E-state index contributed by atoms with van der Waals surface area (Å²) in [4.78, 5) is 14.3. The Morgan fingerprint density at radius 1 is 1.40 bits per heavy atom. The van der Waals surface area contributed by atoms with Gasteiger partial charge in [0.2, 0.25) is 5.91 Å². The summed E-state index contributed by atoms with van der Waals surface area (Å²) in [5.41, 5.74) is 6.93. The van der Waals surface area contributed by atoms with Crippen molar-refractivity contribution in [2.75, 3.05) is 31.8 Å². The predicted octanol–water partition coefficient (Wildman–Crippen LogP) is 2.19. The summed E-state index contributed by atoms with van der Waals surface area (Å²) in [5, 5.41) is 2.88. The Balaban J connectivity index is 2.75. The van der Waals surface area contributed by atoms with Gasteiger partial charge >= 0.3 is 0 Å². The van der Waals surface area contributed by atoms with E-state index in [1.807, 2.05) is 18.9 Å². The molecule has 0 fully saturated rings. The highest BCUT2D eigenvalue weighted by Gasteiger charge is 2.19. The first-order valence-corrected chi connectivity index (χ1v) is 6.79. The fourth-order valence-corrected chi connectivity index (χ4v) is 1.98. The van der Waals surface area contributed by atoms with Gasteiger partial charge in [-0.2, -0.15) is 0 Å². The maximum Gasteiger partial charge on any atom is 0.241 e. The van der Waals surface area contributed by atoms with E-state index in [-0.39, 0.29) is 11.9 Å². The molecule has 3 N–H and O–H groups in total. The third-order valence-corrected chi connectivity index (χ3v) is 3.18. The molecule has 112 valence electrons. The molecule has 20 heavy (non-hydrogen) atoms. The zero-order chi connectivity index (χ0) is 15.3. The number of ether oxygens (including phenoxy) is 1. The fraction of sp³-hybridized carbons (Fsp3) is 0.533. The number of carbonyl (C=O) groups excluding carboxylic acids is 1. The van der Waals surface area contributed by atoms with Crippen LogP contribution in [-0.2, 0) is 4.79 Å². The third-order valence-electron chi connectivity index (χ3n) is 3.18. The second kappa shape index (κ2) is 7.14. The van der Waals surface area contributed by atoms with Crippen molar-refractivity contribution in [1.29, 1.82) is 0 Å². The first-order valence-electron chi connectivity index (χ1n) is 6.79. The standard InChI is InChI=1S/C15H25N3O2/c1-10(2)9-18(4)11(3)15(19)17-13-7-6-12(16)8-14(13)20-5/h6-8,10-11H,9,16H2,1-5H3,(H,17,19). The lowest BCUT2D eigenvalue weighted by Gasteiger charge is -2.25. The van der Waals surface area contributed by atoms with E-state index in [9.17, 15) is 4.79 Å². The first kappa shape index (κ1) is 16.3. The second-order valence-corrected chi connectivity index (χ2v) is 5.46. The quantitative estimate of drug-likeness (QED) is 0.783. The van der Waals surface area contributed by atoms with Crippen molar-refractivity contribution in [3.05, 3.63) is 18.2 Å². The molecule has 0 spiro atoms. The third kappa shape index (κ3) is 4.42. The van der Waals surface area contributed by atoms with E-state index in [1.54, 1.807) is 25.3 Å². The highest BCUT2D eigenvalue weighted by Crippen LogP contribution is 2.26. The van der Waals surface area contributed by atoms with E-state index in [0.717, 1.165) is 6.54 Å². The number of rotatable bonds is 6. The van der Waals surface area contributed by atoms with Crippen LogP contribution in [0.5, 0.6) is 5.75 Å². The van der Waals surface area contributed by atoms with Gasteiger partial charge in [0.1, 0.15) is 5.75 Å². The molecule has 5 nitrogen and oxygen atoms in total. The molecule has 0 bridgehead atoms. The number of nitrogen functional groups attached to an aromatic ring is 1. The molecule has 0 aliphatic heterocycles. The Labute approximate surface area is 121 Å². The molecule has 1 atom stereocenters. The molecule has 0 aromatic heterocycles. The van der Waals surface area contributed by atoms with E-state index in [1.165, 1.54) is 0 Å². The van der Waals surface area contributed by atoms with Crippen LogP contribution in [0.25, 0.3) is 0 Å². The Hall–Kier alpha value is -1.75. The van der Waals surface area contributed by atoms with Crippen LogP contribution in [0, 0.1) is 5.92 Å². The molecular formula is C15H25N3O2. The summed E-state index contributed by atoms with van der Waals surface area (Å²) in [6.45, 7) is 7.02. The molecule has 5 heteroatoms. The highest BCUT2D eigenvalue weighted by atomic mass is 16.5. The van der Waals surface area contributed by atoms with Gasteiger partial charge in [-0.1, -0.05) is 13.8 Å². The van der Waals surface area contributed by atoms with Gasteiger partial charge < -0.3 is 15.8 Å².